The van der Waals surface area contributed by atoms with Crippen molar-refractivity contribution in [2.45, 2.75) is 30.6 Å². The molecule has 0 spiro atoms. The first-order valence-electron chi connectivity index (χ1n) is 9.14. The summed E-state index contributed by atoms with van der Waals surface area (Å²) in [6.45, 7) is 0.805. The maximum absolute atomic E-state index is 12.5. The number of amides is 1. The fraction of sp³-hybridized carbons (Fsp3) is 0.300. The van der Waals surface area contributed by atoms with Gasteiger partial charge in [-0.05, 0) is 48.7 Å². The lowest BCUT2D eigenvalue weighted by Crippen LogP contribution is -2.20. The molecular weight excluding hydrogens is 433 g/mol. The molecule has 154 valence electrons. The number of carbonyl (C=O) groups excluding carboxylic acids is 1. The molecule has 0 unspecified atom stereocenters. The number of benzene rings is 2. The summed E-state index contributed by atoms with van der Waals surface area (Å²) in [6.07, 6.45) is 2.22. The van der Waals surface area contributed by atoms with Crippen molar-refractivity contribution < 1.29 is 13.2 Å². The molecule has 1 heterocycles. The summed E-state index contributed by atoms with van der Waals surface area (Å²) in [7, 11) is -1.94. The van der Waals surface area contributed by atoms with E-state index in [-0.39, 0.29) is 17.2 Å². The summed E-state index contributed by atoms with van der Waals surface area (Å²) in [5, 5.41) is 3.65. The maximum atomic E-state index is 12.5. The van der Waals surface area contributed by atoms with Gasteiger partial charge in [-0.15, -0.1) is 4.40 Å². The fourth-order valence-electron chi connectivity index (χ4n) is 3.02. The molecule has 1 N–H and O–H groups in total. The van der Waals surface area contributed by atoms with E-state index >= 15 is 0 Å². The Morgan fingerprint density at radius 3 is 2.55 bits per heavy atom. The highest BCUT2D eigenvalue weighted by Crippen LogP contribution is 2.26. The summed E-state index contributed by atoms with van der Waals surface area (Å²) in [5.41, 5.74) is 1.31. The van der Waals surface area contributed by atoms with Crippen LogP contribution in [-0.2, 0) is 21.2 Å². The molecule has 2 aromatic rings. The lowest BCUT2D eigenvalue weighted by molar-refractivity contribution is -0.116. The van der Waals surface area contributed by atoms with Crippen molar-refractivity contribution in [3.8, 4) is 0 Å². The first kappa shape index (κ1) is 21.6. The molecule has 0 aromatic heterocycles. The number of likely N-dealkylation sites (tertiary alicyclic amines) is 1. The lowest BCUT2D eigenvalue weighted by atomic mass is 10.1. The molecule has 1 amide bonds. The number of carbonyl (C=O) groups is 1. The number of anilines is 1. The molecule has 1 aliphatic rings. The Labute approximate surface area is 180 Å². The average Bonchev–Trinajstić information content (AvgIpc) is 3.07. The topological polar surface area (TPSA) is 78.8 Å². The molecule has 1 aliphatic heterocycles. The molecule has 9 heteroatoms. The van der Waals surface area contributed by atoms with Gasteiger partial charge in [-0.2, -0.15) is 8.42 Å². The van der Waals surface area contributed by atoms with E-state index in [9.17, 15) is 13.2 Å². The summed E-state index contributed by atoms with van der Waals surface area (Å²) >= 11 is 12.1. The number of rotatable bonds is 6. The van der Waals surface area contributed by atoms with E-state index in [1.807, 2.05) is 18.0 Å². The first-order chi connectivity index (χ1) is 13.8. The Hall–Kier alpha value is -2.09. The van der Waals surface area contributed by atoms with E-state index in [1.165, 1.54) is 12.1 Å². The minimum absolute atomic E-state index is 0.0917. The normalized spacial score (nSPS) is 15.7. The van der Waals surface area contributed by atoms with Crippen LogP contribution in [0, 0.1) is 0 Å². The zero-order valence-corrected chi connectivity index (χ0v) is 18.2. The molecule has 1 saturated heterocycles. The molecule has 0 atom stereocenters. The van der Waals surface area contributed by atoms with Crippen LogP contribution >= 0.6 is 23.2 Å². The van der Waals surface area contributed by atoms with E-state index in [0.29, 0.717) is 34.4 Å². The highest BCUT2D eigenvalue weighted by Gasteiger charge is 2.20. The second kappa shape index (κ2) is 9.15. The molecule has 1 fully saturated rings. The summed E-state index contributed by atoms with van der Waals surface area (Å²) in [5.74, 6) is 0.367. The fourth-order valence-corrected chi connectivity index (χ4v) is 4.53. The predicted octanol–water partition coefficient (Wildman–Crippen LogP) is 4.38. The van der Waals surface area contributed by atoms with Crippen LogP contribution in [0.5, 0.6) is 0 Å². The van der Waals surface area contributed by atoms with Gasteiger partial charge in [0.15, 0.2) is 0 Å². The third kappa shape index (κ3) is 5.50. The summed E-state index contributed by atoms with van der Waals surface area (Å²) in [4.78, 5) is 14.1. The van der Waals surface area contributed by atoms with Gasteiger partial charge in [0.1, 0.15) is 5.84 Å². The van der Waals surface area contributed by atoms with E-state index in [0.717, 1.165) is 18.5 Å². The Morgan fingerprint density at radius 1 is 1.17 bits per heavy atom. The van der Waals surface area contributed by atoms with E-state index in [4.69, 9.17) is 23.2 Å². The van der Waals surface area contributed by atoms with Gasteiger partial charge in [0.2, 0.25) is 5.91 Å². The van der Waals surface area contributed by atoms with Gasteiger partial charge in [-0.3, -0.25) is 4.79 Å². The van der Waals surface area contributed by atoms with Gasteiger partial charge in [-0.1, -0.05) is 35.3 Å². The standard InChI is InChI=1S/C20H21Cl2N3O3S/c1-25-13-3-6-18(25)24-29(27,28)16-10-8-15(9-11-16)23-19(26)12-7-14-4-2-5-17(21)20(14)22/h2,4-5,8-11H,3,6-7,12-13H2,1H3,(H,23,26)/b24-18-. The second-order valence-corrected chi connectivity index (χ2v) is 9.18. The van der Waals surface area contributed by atoms with Gasteiger partial charge in [0.05, 0.1) is 14.9 Å². The van der Waals surface area contributed by atoms with Crippen LogP contribution in [0.3, 0.4) is 0 Å². The first-order valence-corrected chi connectivity index (χ1v) is 11.3. The van der Waals surface area contributed by atoms with Crippen LogP contribution in [-0.4, -0.2) is 38.7 Å². The SMILES string of the molecule is CN1CCC/C1=N/S(=O)(=O)c1ccc(NC(=O)CCc2cccc(Cl)c2Cl)cc1. The van der Waals surface area contributed by atoms with Crippen molar-refractivity contribution >= 4 is 50.7 Å². The molecule has 0 radical (unpaired) electrons. The Balaban J connectivity index is 1.61. The molecule has 3 rings (SSSR count). The van der Waals surface area contributed by atoms with Crippen molar-refractivity contribution in [3.63, 3.8) is 0 Å². The number of sulfonamides is 1. The molecule has 29 heavy (non-hydrogen) atoms. The number of hydrogen-bond donors (Lipinski definition) is 1. The number of amidine groups is 1. The molecule has 2 aromatic carbocycles. The van der Waals surface area contributed by atoms with Crippen molar-refractivity contribution in [2.75, 3.05) is 18.9 Å². The quantitative estimate of drug-likeness (QED) is 0.703. The zero-order chi connectivity index (χ0) is 21.0. The van der Waals surface area contributed by atoms with Crippen molar-refractivity contribution in [2.24, 2.45) is 4.40 Å². The number of nitrogens with one attached hydrogen (secondary N) is 1. The third-order valence-electron chi connectivity index (χ3n) is 4.65. The molecule has 0 saturated carbocycles. The van der Waals surface area contributed by atoms with Gasteiger partial charge >= 0.3 is 0 Å². The van der Waals surface area contributed by atoms with Crippen LogP contribution < -0.4 is 5.32 Å². The minimum atomic E-state index is -3.77. The van der Waals surface area contributed by atoms with Gasteiger partial charge in [0, 0.05) is 32.1 Å². The maximum Gasteiger partial charge on any atom is 0.283 e. The number of hydrogen-bond acceptors (Lipinski definition) is 3. The van der Waals surface area contributed by atoms with Crippen molar-refractivity contribution in [1.29, 1.82) is 0 Å². The Kier molecular flexibility index (Phi) is 6.82. The van der Waals surface area contributed by atoms with E-state index in [1.54, 1.807) is 24.3 Å². The average molecular weight is 454 g/mol. The van der Waals surface area contributed by atoms with E-state index in [2.05, 4.69) is 9.71 Å². The Bertz CT molecular complexity index is 1040. The van der Waals surface area contributed by atoms with Crippen LogP contribution in [0.15, 0.2) is 51.8 Å². The summed E-state index contributed by atoms with van der Waals surface area (Å²) in [6, 6.07) is 11.3. The Morgan fingerprint density at radius 2 is 1.90 bits per heavy atom. The molecule has 6 nitrogen and oxygen atoms in total. The smallest absolute Gasteiger partial charge is 0.283 e. The minimum Gasteiger partial charge on any atom is -0.362 e. The number of nitrogens with zero attached hydrogens (tertiary/aromatic N) is 2. The predicted molar refractivity (Wildman–Crippen MR) is 116 cm³/mol. The second-order valence-electron chi connectivity index (χ2n) is 6.79. The molecule has 0 aliphatic carbocycles. The molecular formula is C20H21Cl2N3O3S. The van der Waals surface area contributed by atoms with Gasteiger partial charge in [0.25, 0.3) is 10.0 Å². The van der Waals surface area contributed by atoms with Crippen LogP contribution in [0.1, 0.15) is 24.8 Å². The highest BCUT2D eigenvalue weighted by molar-refractivity contribution is 7.90. The third-order valence-corrected chi connectivity index (χ3v) is 6.83. The largest absolute Gasteiger partial charge is 0.362 e. The van der Waals surface area contributed by atoms with E-state index < -0.39 is 10.0 Å². The zero-order valence-electron chi connectivity index (χ0n) is 15.9. The van der Waals surface area contributed by atoms with Crippen molar-refractivity contribution in [3.05, 3.63) is 58.1 Å². The van der Waals surface area contributed by atoms with Crippen LogP contribution in [0.2, 0.25) is 10.0 Å². The monoisotopic (exact) mass is 453 g/mol. The highest BCUT2D eigenvalue weighted by atomic mass is 35.5. The summed E-state index contributed by atoms with van der Waals surface area (Å²) < 4.78 is 28.9. The van der Waals surface area contributed by atoms with Crippen LogP contribution in [0.4, 0.5) is 5.69 Å². The van der Waals surface area contributed by atoms with Crippen LogP contribution in [0.25, 0.3) is 0 Å². The van der Waals surface area contributed by atoms with Gasteiger partial charge in [-0.25, -0.2) is 0 Å². The lowest BCUT2D eigenvalue weighted by Gasteiger charge is -2.11. The van der Waals surface area contributed by atoms with Gasteiger partial charge < -0.3 is 10.2 Å². The number of aryl methyl sites for hydroxylation is 1. The number of halogens is 2. The van der Waals surface area contributed by atoms with Crippen molar-refractivity contribution in [1.82, 2.24) is 4.90 Å². The molecule has 0 bridgehead atoms.